The molecule has 0 amide bonds. The number of hydrogen-bond donors (Lipinski definition) is 4. The average molecular weight is 796 g/mol. The van der Waals surface area contributed by atoms with Gasteiger partial charge in [-0.3, -0.25) is 4.90 Å². The zero-order valence-corrected chi connectivity index (χ0v) is 29.2. The van der Waals surface area contributed by atoms with Gasteiger partial charge in [0.1, 0.15) is 12.1 Å². The lowest BCUT2D eigenvalue weighted by atomic mass is 9.72. The maximum atomic E-state index is 10.6. The van der Waals surface area contributed by atoms with E-state index in [4.69, 9.17) is 40.4 Å². The van der Waals surface area contributed by atoms with Crippen LogP contribution in [0.1, 0.15) is 66.5 Å². The largest absolute Gasteiger partial charge is 0.490 e. The molecule has 3 heterocycles. The highest BCUT2D eigenvalue weighted by Gasteiger charge is 2.47. The Morgan fingerprint density at radius 1 is 0.818 bits per heavy atom. The van der Waals surface area contributed by atoms with E-state index in [-0.39, 0.29) is 5.41 Å². The molecule has 1 saturated heterocycles. The number of benzene rings is 2. The third-order valence-electron chi connectivity index (χ3n) is 9.25. The number of halogens is 9. The van der Waals surface area contributed by atoms with Crippen LogP contribution in [0.5, 0.6) is 0 Å². The highest BCUT2D eigenvalue weighted by atomic mass is 19.4. The van der Waals surface area contributed by atoms with Crippen LogP contribution in [0.2, 0.25) is 0 Å². The van der Waals surface area contributed by atoms with Gasteiger partial charge in [-0.05, 0) is 73.9 Å². The first kappa shape index (κ1) is 44.4. The van der Waals surface area contributed by atoms with E-state index in [1.807, 2.05) is 0 Å². The van der Waals surface area contributed by atoms with Crippen molar-refractivity contribution in [1.29, 1.82) is 0 Å². The Morgan fingerprint density at radius 2 is 1.35 bits per heavy atom. The third kappa shape index (κ3) is 11.5. The molecule has 1 aromatic heterocycles. The molecule has 0 radical (unpaired) electrons. The number of nitrogens with zero attached hydrogens (tertiary/aromatic N) is 4. The lowest BCUT2D eigenvalue weighted by molar-refractivity contribution is -0.193. The zero-order chi connectivity index (χ0) is 41.4. The number of carboxylic acid groups (broad SMARTS) is 3. The Morgan fingerprint density at radius 3 is 1.82 bits per heavy atom. The second kappa shape index (κ2) is 18.1. The summed E-state index contributed by atoms with van der Waals surface area (Å²) in [5.41, 5.74) is 14.6. The van der Waals surface area contributed by atoms with Crippen molar-refractivity contribution in [2.24, 2.45) is 5.73 Å². The molecule has 1 spiro atoms. The van der Waals surface area contributed by atoms with Crippen molar-refractivity contribution in [3.05, 3.63) is 82.8 Å². The number of aryl methyl sites for hydroxylation is 1. The molecule has 6 rings (SSSR count). The quantitative estimate of drug-likeness (QED) is 0.197. The molecule has 2 aromatic carbocycles. The summed E-state index contributed by atoms with van der Waals surface area (Å²) < 4.78 is 95.2. The van der Waals surface area contributed by atoms with Crippen LogP contribution in [0.25, 0.3) is 0 Å². The van der Waals surface area contributed by atoms with E-state index in [1.165, 1.54) is 40.1 Å². The van der Waals surface area contributed by atoms with E-state index in [9.17, 15) is 39.5 Å². The van der Waals surface area contributed by atoms with E-state index in [2.05, 4.69) is 70.2 Å². The molecule has 55 heavy (non-hydrogen) atoms. The molecular weight excluding hydrogens is 757 g/mol. The van der Waals surface area contributed by atoms with Gasteiger partial charge in [-0.2, -0.15) is 39.5 Å². The fraction of sp³-hybridized carbons (Fsp3) is 0.457. The van der Waals surface area contributed by atoms with Crippen LogP contribution in [0.3, 0.4) is 0 Å². The number of piperidine rings is 1. The number of hydrogen-bond acceptors (Lipinski definition) is 8. The number of aliphatic carboxylic acids is 3. The van der Waals surface area contributed by atoms with Crippen LogP contribution in [-0.4, -0.2) is 86.3 Å². The molecular formula is C35H38F9N5O6. The second-order valence-electron chi connectivity index (χ2n) is 12.8. The number of fused-ring (bicyclic) bond motifs is 3. The molecule has 3 aromatic rings. The number of alkyl halides is 9. The molecule has 3 aliphatic rings. The lowest BCUT2D eigenvalue weighted by Crippen LogP contribution is -2.44. The predicted octanol–water partition coefficient (Wildman–Crippen LogP) is 6.96. The fourth-order valence-electron chi connectivity index (χ4n) is 6.76. The summed E-state index contributed by atoms with van der Waals surface area (Å²) in [4.78, 5) is 41.4. The molecule has 1 fully saturated rings. The number of likely N-dealkylation sites (tertiary alicyclic amines) is 1. The second-order valence-corrected chi connectivity index (χ2v) is 12.8. The van der Waals surface area contributed by atoms with Gasteiger partial charge in [-0.25, -0.2) is 24.4 Å². The minimum absolute atomic E-state index is 0.136. The SMILES string of the molecule is CCC1CCc2ncnc(N3CC4(CCN(Cc5ccccc5)CC4)c4c(CN)cccc43)c21.O=C(O)C(F)(F)F.O=C(O)C(F)(F)F.O=C(O)C(F)(F)F. The highest BCUT2D eigenvalue weighted by Crippen LogP contribution is 2.53. The number of rotatable bonds is 5. The predicted molar refractivity (Wildman–Crippen MR) is 178 cm³/mol. The van der Waals surface area contributed by atoms with E-state index < -0.39 is 36.4 Å². The van der Waals surface area contributed by atoms with Crippen LogP contribution in [0.15, 0.2) is 54.9 Å². The number of nitrogens with two attached hydrogens (primary N) is 1. The van der Waals surface area contributed by atoms with Crippen LogP contribution in [-0.2, 0) is 39.3 Å². The molecule has 1 unspecified atom stereocenters. The number of carbonyl (C=O) groups is 3. The van der Waals surface area contributed by atoms with Crippen molar-refractivity contribution in [2.75, 3.05) is 24.5 Å². The summed E-state index contributed by atoms with van der Waals surface area (Å²) in [6, 6.07) is 17.6. The Labute approximate surface area is 308 Å². The summed E-state index contributed by atoms with van der Waals surface area (Å²) in [6.07, 6.45) is -7.73. The molecule has 2 aliphatic heterocycles. The van der Waals surface area contributed by atoms with E-state index in [0.29, 0.717) is 12.5 Å². The normalized spacial score (nSPS) is 17.4. The molecule has 11 nitrogen and oxygen atoms in total. The van der Waals surface area contributed by atoms with Gasteiger partial charge >= 0.3 is 36.4 Å². The van der Waals surface area contributed by atoms with Crippen molar-refractivity contribution in [3.63, 3.8) is 0 Å². The zero-order valence-electron chi connectivity index (χ0n) is 29.2. The van der Waals surface area contributed by atoms with Gasteiger partial charge < -0.3 is 26.0 Å². The van der Waals surface area contributed by atoms with Crippen molar-refractivity contribution >= 4 is 29.4 Å². The minimum atomic E-state index is -5.08. The highest BCUT2D eigenvalue weighted by molar-refractivity contribution is 5.75. The summed E-state index contributed by atoms with van der Waals surface area (Å²) in [6.45, 7) is 7.14. The Hall–Kier alpha value is -4.98. The summed E-state index contributed by atoms with van der Waals surface area (Å²) in [5, 5.41) is 21.4. The smallest absolute Gasteiger partial charge is 0.475 e. The lowest BCUT2D eigenvalue weighted by Gasteiger charge is -2.40. The van der Waals surface area contributed by atoms with Crippen molar-refractivity contribution < 1.29 is 69.2 Å². The molecule has 0 saturated carbocycles. The van der Waals surface area contributed by atoms with Gasteiger partial charge in [0.25, 0.3) is 0 Å². The van der Waals surface area contributed by atoms with E-state index in [0.717, 1.165) is 57.7 Å². The first-order valence-corrected chi connectivity index (χ1v) is 16.7. The van der Waals surface area contributed by atoms with Gasteiger partial charge in [0.15, 0.2) is 0 Å². The standard InChI is InChI=1S/C29H35N5.3C2HF3O2/c1-2-22-11-12-24-26(22)28(32-20-31-24)34-19-29(27-23(17-30)9-6-10-25(27)34)13-15-33(16-14-29)18-21-7-4-3-5-8-21;3*3-2(4,5)1(6)7/h3-10,20,22H,2,11-19,30H2,1H3;3*(H,6,7). The van der Waals surface area contributed by atoms with Crippen LogP contribution in [0, 0.1) is 0 Å². The molecule has 302 valence electrons. The third-order valence-corrected chi connectivity index (χ3v) is 9.25. The first-order valence-electron chi connectivity index (χ1n) is 16.7. The summed E-state index contributed by atoms with van der Waals surface area (Å²) >= 11 is 0. The van der Waals surface area contributed by atoms with Crippen LogP contribution in [0.4, 0.5) is 51.0 Å². The maximum absolute atomic E-state index is 10.6. The monoisotopic (exact) mass is 795 g/mol. The summed E-state index contributed by atoms with van der Waals surface area (Å²) in [7, 11) is 0. The Kier molecular flexibility index (Phi) is 14.6. The van der Waals surface area contributed by atoms with Gasteiger partial charge in [-0.15, -0.1) is 0 Å². The van der Waals surface area contributed by atoms with Gasteiger partial charge in [-0.1, -0.05) is 49.4 Å². The maximum Gasteiger partial charge on any atom is 0.490 e. The van der Waals surface area contributed by atoms with Crippen LogP contribution < -0.4 is 10.6 Å². The van der Waals surface area contributed by atoms with Crippen molar-refractivity contribution in [3.8, 4) is 0 Å². The van der Waals surface area contributed by atoms with E-state index >= 15 is 0 Å². The molecule has 1 aliphatic carbocycles. The average Bonchev–Trinajstić information content (AvgIpc) is 3.69. The number of carboxylic acids is 3. The Bertz CT molecular complexity index is 1720. The minimum Gasteiger partial charge on any atom is -0.475 e. The molecule has 20 heteroatoms. The molecule has 0 bridgehead atoms. The van der Waals surface area contributed by atoms with Crippen molar-refractivity contribution in [2.45, 2.75) is 82.0 Å². The number of anilines is 2. The van der Waals surface area contributed by atoms with E-state index in [1.54, 1.807) is 6.33 Å². The number of aromatic nitrogens is 2. The topological polar surface area (TPSA) is 170 Å². The van der Waals surface area contributed by atoms with Crippen molar-refractivity contribution in [1.82, 2.24) is 14.9 Å². The summed E-state index contributed by atoms with van der Waals surface area (Å²) in [5.74, 6) is -6.56. The van der Waals surface area contributed by atoms with Crippen LogP contribution >= 0.6 is 0 Å². The molecule has 5 N–H and O–H groups in total. The van der Waals surface area contributed by atoms with Gasteiger partial charge in [0.05, 0.1) is 0 Å². The Balaban J connectivity index is 0.000000318. The van der Waals surface area contributed by atoms with Gasteiger partial charge in [0, 0.05) is 42.0 Å². The first-order chi connectivity index (χ1) is 25.6. The fourth-order valence-corrected chi connectivity index (χ4v) is 6.76. The van der Waals surface area contributed by atoms with Gasteiger partial charge in [0.2, 0.25) is 0 Å². The molecule has 1 atom stereocenters.